The van der Waals surface area contributed by atoms with Gasteiger partial charge in [0.2, 0.25) is 0 Å². The molecule has 1 N–H and O–H groups in total. The van der Waals surface area contributed by atoms with E-state index in [1.54, 1.807) is 4.68 Å². The van der Waals surface area contributed by atoms with Crippen molar-refractivity contribution in [1.82, 2.24) is 19.7 Å². The molecule has 3 heterocycles. The van der Waals surface area contributed by atoms with E-state index in [0.29, 0.717) is 19.0 Å². The minimum absolute atomic E-state index is 0.0484. The van der Waals surface area contributed by atoms with Gasteiger partial charge in [0, 0.05) is 7.05 Å². The molecule has 1 fully saturated rings. The number of rotatable bonds is 3. The first-order valence-corrected chi connectivity index (χ1v) is 7.13. The molecule has 0 amide bonds. The highest BCUT2D eigenvalue weighted by Gasteiger charge is 2.37. The second-order valence-corrected chi connectivity index (χ2v) is 5.60. The van der Waals surface area contributed by atoms with Crippen LogP contribution in [0.4, 0.5) is 5.82 Å². The highest BCUT2D eigenvalue weighted by Crippen LogP contribution is 2.28. The summed E-state index contributed by atoms with van der Waals surface area (Å²) in [4.78, 5) is 9.01. The molecule has 1 aliphatic heterocycles. The smallest absolute Gasteiger partial charge is 0.185 e. The van der Waals surface area contributed by atoms with Crippen molar-refractivity contribution in [3.05, 3.63) is 11.5 Å². The number of fused-ring (bicyclic) bond motifs is 1. The normalized spacial score (nSPS) is 19.1. The molecule has 0 spiro atoms. The summed E-state index contributed by atoms with van der Waals surface area (Å²) < 4.78 is 13.2. The minimum Gasteiger partial charge on any atom is -0.360 e. The van der Waals surface area contributed by atoms with E-state index >= 15 is 0 Å². The van der Waals surface area contributed by atoms with Gasteiger partial charge >= 0.3 is 0 Å². The summed E-state index contributed by atoms with van der Waals surface area (Å²) in [5.74, 6) is 0.832. The van der Waals surface area contributed by atoms with Crippen LogP contribution in [0.5, 0.6) is 0 Å². The SMILES string of the molecule is Cc1nc(NC(C)C2(C)OCCO2)c2c(n1)c(C)nn2C. The van der Waals surface area contributed by atoms with Crippen LogP contribution in [-0.4, -0.2) is 44.8 Å². The van der Waals surface area contributed by atoms with E-state index in [1.165, 1.54) is 0 Å². The molecule has 114 valence electrons. The van der Waals surface area contributed by atoms with Gasteiger partial charge in [0.1, 0.15) is 16.9 Å². The molecule has 7 heteroatoms. The van der Waals surface area contributed by atoms with E-state index in [-0.39, 0.29) is 6.04 Å². The Labute approximate surface area is 123 Å². The van der Waals surface area contributed by atoms with E-state index in [2.05, 4.69) is 20.4 Å². The lowest BCUT2D eigenvalue weighted by Gasteiger charge is -2.30. The molecule has 1 aliphatic rings. The molecule has 7 nitrogen and oxygen atoms in total. The summed E-state index contributed by atoms with van der Waals surface area (Å²) in [6.45, 7) is 9.03. The third-order valence-electron chi connectivity index (χ3n) is 3.96. The molecular weight excluding hydrogens is 270 g/mol. The van der Waals surface area contributed by atoms with Crippen LogP contribution in [-0.2, 0) is 16.5 Å². The average Bonchev–Trinajstić information content (AvgIpc) is 2.96. The number of anilines is 1. The Morgan fingerprint density at radius 2 is 1.90 bits per heavy atom. The molecule has 0 aromatic carbocycles. The molecule has 1 atom stereocenters. The van der Waals surface area contributed by atoms with Gasteiger partial charge < -0.3 is 14.8 Å². The first kappa shape index (κ1) is 14.2. The van der Waals surface area contributed by atoms with E-state index in [0.717, 1.165) is 22.5 Å². The van der Waals surface area contributed by atoms with Crippen LogP contribution in [0.1, 0.15) is 25.4 Å². The topological polar surface area (TPSA) is 74.1 Å². The first-order valence-electron chi connectivity index (χ1n) is 7.13. The monoisotopic (exact) mass is 291 g/mol. The van der Waals surface area contributed by atoms with Crippen LogP contribution in [0.25, 0.3) is 11.0 Å². The van der Waals surface area contributed by atoms with Gasteiger partial charge in [-0.25, -0.2) is 9.97 Å². The van der Waals surface area contributed by atoms with Crippen molar-refractivity contribution in [3.8, 4) is 0 Å². The number of hydrogen-bond donors (Lipinski definition) is 1. The molecule has 1 unspecified atom stereocenters. The maximum absolute atomic E-state index is 5.70. The molecule has 0 saturated carbocycles. The Hall–Kier alpha value is -1.73. The summed E-state index contributed by atoms with van der Waals surface area (Å²) in [5.41, 5.74) is 2.66. The molecule has 21 heavy (non-hydrogen) atoms. The molecule has 1 saturated heterocycles. The lowest BCUT2D eigenvalue weighted by molar-refractivity contribution is -0.150. The van der Waals surface area contributed by atoms with Gasteiger partial charge in [0.25, 0.3) is 0 Å². The third kappa shape index (κ3) is 2.36. The van der Waals surface area contributed by atoms with Crippen molar-refractivity contribution in [3.63, 3.8) is 0 Å². The number of nitrogens with one attached hydrogen (secondary N) is 1. The van der Waals surface area contributed by atoms with Gasteiger partial charge in [0.05, 0.1) is 24.9 Å². The Bertz CT molecular complexity index is 676. The number of ether oxygens (including phenoxy) is 2. The van der Waals surface area contributed by atoms with Gasteiger partial charge in [-0.05, 0) is 27.7 Å². The van der Waals surface area contributed by atoms with Crippen LogP contribution in [0.3, 0.4) is 0 Å². The van der Waals surface area contributed by atoms with Gasteiger partial charge in [-0.2, -0.15) is 5.10 Å². The fraction of sp³-hybridized carbons (Fsp3) is 0.643. The van der Waals surface area contributed by atoms with Crippen molar-refractivity contribution in [2.45, 2.75) is 39.5 Å². The maximum Gasteiger partial charge on any atom is 0.185 e. The second-order valence-electron chi connectivity index (χ2n) is 5.60. The maximum atomic E-state index is 5.70. The molecule has 0 bridgehead atoms. The van der Waals surface area contributed by atoms with Crippen molar-refractivity contribution in [2.24, 2.45) is 7.05 Å². The summed E-state index contributed by atoms with van der Waals surface area (Å²) in [6.07, 6.45) is 0. The largest absolute Gasteiger partial charge is 0.360 e. The van der Waals surface area contributed by atoms with E-state index in [9.17, 15) is 0 Å². The van der Waals surface area contributed by atoms with Gasteiger partial charge in [-0.1, -0.05) is 0 Å². The Morgan fingerprint density at radius 1 is 1.24 bits per heavy atom. The predicted octanol–water partition coefficient (Wildman–Crippen LogP) is 1.54. The first-order chi connectivity index (χ1) is 9.90. The number of hydrogen-bond acceptors (Lipinski definition) is 6. The molecule has 0 radical (unpaired) electrons. The van der Waals surface area contributed by atoms with E-state index < -0.39 is 5.79 Å². The van der Waals surface area contributed by atoms with Crippen molar-refractivity contribution < 1.29 is 9.47 Å². The zero-order chi connectivity index (χ0) is 15.2. The summed E-state index contributed by atoms with van der Waals surface area (Å²) >= 11 is 0. The average molecular weight is 291 g/mol. The van der Waals surface area contributed by atoms with Gasteiger partial charge in [-0.3, -0.25) is 4.68 Å². The number of aryl methyl sites for hydroxylation is 3. The van der Waals surface area contributed by atoms with Gasteiger partial charge in [0.15, 0.2) is 11.6 Å². The van der Waals surface area contributed by atoms with Crippen LogP contribution < -0.4 is 5.32 Å². The molecule has 2 aromatic heterocycles. The van der Waals surface area contributed by atoms with Crippen LogP contribution in [0.15, 0.2) is 0 Å². The zero-order valence-electron chi connectivity index (χ0n) is 13.1. The lowest BCUT2D eigenvalue weighted by atomic mass is 10.1. The van der Waals surface area contributed by atoms with Crippen molar-refractivity contribution >= 4 is 16.9 Å². The molecule has 3 rings (SSSR count). The molecule has 2 aromatic rings. The Morgan fingerprint density at radius 3 is 2.57 bits per heavy atom. The molecular formula is C14H21N5O2. The zero-order valence-corrected chi connectivity index (χ0v) is 13.1. The summed E-state index contributed by atoms with van der Waals surface area (Å²) in [5, 5.41) is 7.83. The minimum atomic E-state index is -0.640. The quantitative estimate of drug-likeness (QED) is 0.924. The highest BCUT2D eigenvalue weighted by molar-refractivity contribution is 5.87. The second kappa shape index (κ2) is 4.92. The van der Waals surface area contributed by atoms with Crippen LogP contribution >= 0.6 is 0 Å². The Balaban J connectivity index is 2.00. The molecule has 0 aliphatic carbocycles. The third-order valence-corrected chi connectivity index (χ3v) is 3.96. The van der Waals surface area contributed by atoms with Crippen LogP contribution in [0.2, 0.25) is 0 Å². The van der Waals surface area contributed by atoms with E-state index in [4.69, 9.17) is 9.47 Å². The predicted molar refractivity (Wildman–Crippen MR) is 79.2 cm³/mol. The fourth-order valence-corrected chi connectivity index (χ4v) is 2.66. The number of aromatic nitrogens is 4. The van der Waals surface area contributed by atoms with Gasteiger partial charge in [-0.15, -0.1) is 0 Å². The fourth-order valence-electron chi connectivity index (χ4n) is 2.66. The summed E-state index contributed by atoms with van der Waals surface area (Å²) in [6, 6.07) is -0.0484. The van der Waals surface area contributed by atoms with Crippen molar-refractivity contribution in [2.75, 3.05) is 18.5 Å². The van der Waals surface area contributed by atoms with Crippen LogP contribution in [0, 0.1) is 13.8 Å². The van der Waals surface area contributed by atoms with Crippen molar-refractivity contribution in [1.29, 1.82) is 0 Å². The standard InChI is InChI=1S/C14H21N5O2/c1-8-11-12(19(5)18-8)13(17-10(3)16-11)15-9(2)14(4)20-6-7-21-14/h9H,6-7H2,1-5H3,(H,15,16,17). The lowest BCUT2D eigenvalue weighted by Crippen LogP contribution is -2.43. The summed E-state index contributed by atoms with van der Waals surface area (Å²) in [7, 11) is 1.90. The van der Waals surface area contributed by atoms with E-state index in [1.807, 2.05) is 34.7 Å². The highest BCUT2D eigenvalue weighted by atomic mass is 16.7. The Kier molecular flexibility index (Phi) is 3.33. The number of nitrogens with zero attached hydrogens (tertiary/aromatic N) is 4.